The van der Waals surface area contributed by atoms with Gasteiger partial charge in [-0.2, -0.15) is 0 Å². The first-order valence-electron chi connectivity index (χ1n) is 7.22. The molecule has 0 bridgehead atoms. The Bertz CT molecular complexity index is 884. The van der Waals surface area contributed by atoms with E-state index in [1.807, 2.05) is 48.7 Å². The molecule has 0 spiro atoms. The van der Waals surface area contributed by atoms with Gasteiger partial charge in [0, 0.05) is 12.3 Å². The molecule has 0 saturated heterocycles. The van der Waals surface area contributed by atoms with Crippen LogP contribution in [0.2, 0.25) is 0 Å². The number of aryl methyl sites for hydroxylation is 2. The fraction of sp³-hybridized carbons (Fsp3) is 0.235. The summed E-state index contributed by atoms with van der Waals surface area (Å²) >= 11 is 0. The fourth-order valence-corrected chi connectivity index (χ4v) is 2.39. The van der Waals surface area contributed by atoms with Crippen LogP contribution in [0.1, 0.15) is 11.3 Å². The standard InChI is InChI=1S/C17H18N4O2/c1-11-6-5-9-21-16(11)18-12(2)17(21)20-19-14-8-7-13(22-3)10-15(14)23-4/h5-10H,1-4H3. The number of methoxy groups -OCH3 is 2. The van der Waals surface area contributed by atoms with Crippen LogP contribution in [0, 0.1) is 13.8 Å². The van der Waals surface area contributed by atoms with E-state index in [0.717, 1.165) is 16.9 Å². The number of hydrogen-bond donors (Lipinski definition) is 0. The molecule has 0 aliphatic carbocycles. The summed E-state index contributed by atoms with van der Waals surface area (Å²) in [5.41, 5.74) is 3.45. The molecule has 118 valence electrons. The first kappa shape index (κ1) is 15.0. The van der Waals surface area contributed by atoms with E-state index in [0.29, 0.717) is 23.0 Å². The van der Waals surface area contributed by atoms with Gasteiger partial charge in [-0.25, -0.2) is 4.98 Å². The molecule has 6 heteroatoms. The summed E-state index contributed by atoms with van der Waals surface area (Å²) in [7, 11) is 3.21. The second-order valence-electron chi connectivity index (χ2n) is 5.14. The molecule has 3 rings (SSSR count). The molecule has 0 unspecified atom stereocenters. The fourth-order valence-electron chi connectivity index (χ4n) is 2.39. The monoisotopic (exact) mass is 310 g/mol. The van der Waals surface area contributed by atoms with E-state index in [-0.39, 0.29) is 0 Å². The number of nitrogens with zero attached hydrogens (tertiary/aromatic N) is 4. The normalized spacial score (nSPS) is 11.3. The summed E-state index contributed by atoms with van der Waals surface area (Å²) in [4.78, 5) is 4.55. The lowest BCUT2D eigenvalue weighted by atomic mass is 10.3. The van der Waals surface area contributed by atoms with Crippen LogP contribution in [0.5, 0.6) is 11.5 Å². The zero-order valence-corrected chi connectivity index (χ0v) is 13.6. The van der Waals surface area contributed by atoms with Crippen molar-refractivity contribution in [3.63, 3.8) is 0 Å². The minimum atomic E-state index is 0.607. The number of aromatic nitrogens is 2. The van der Waals surface area contributed by atoms with Crippen molar-refractivity contribution in [3.8, 4) is 11.5 Å². The number of imidazole rings is 1. The molecule has 2 aromatic heterocycles. The van der Waals surface area contributed by atoms with Gasteiger partial charge in [0.05, 0.1) is 19.9 Å². The molecular weight excluding hydrogens is 292 g/mol. The maximum atomic E-state index is 5.34. The highest BCUT2D eigenvalue weighted by molar-refractivity contribution is 5.58. The third-order valence-electron chi connectivity index (χ3n) is 3.63. The largest absolute Gasteiger partial charge is 0.497 e. The Balaban J connectivity index is 2.04. The Kier molecular flexibility index (Phi) is 3.97. The van der Waals surface area contributed by atoms with Crippen LogP contribution in [0.25, 0.3) is 5.65 Å². The predicted molar refractivity (Wildman–Crippen MR) is 88.4 cm³/mol. The van der Waals surface area contributed by atoms with Crippen LogP contribution in [0.4, 0.5) is 11.5 Å². The van der Waals surface area contributed by atoms with Crippen molar-refractivity contribution < 1.29 is 9.47 Å². The van der Waals surface area contributed by atoms with Crippen molar-refractivity contribution in [2.24, 2.45) is 10.2 Å². The molecule has 3 aromatic rings. The van der Waals surface area contributed by atoms with Crippen LogP contribution < -0.4 is 9.47 Å². The van der Waals surface area contributed by atoms with Crippen molar-refractivity contribution in [2.75, 3.05) is 14.2 Å². The maximum absolute atomic E-state index is 5.34. The molecule has 0 aliphatic rings. The highest BCUT2D eigenvalue weighted by Crippen LogP contribution is 2.33. The summed E-state index contributed by atoms with van der Waals surface area (Å²) in [6, 6.07) is 9.40. The van der Waals surface area contributed by atoms with Crippen molar-refractivity contribution in [2.45, 2.75) is 13.8 Å². The van der Waals surface area contributed by atoms with Gasteiger partial charge in [0.2, 0.25) is 0 Å². The van der Waals surface area contributed by atoms with Crippen molar-refractivity contribution in [3.05, 3.63) is 47.8 Å². The first-order valence-corrected chi connectivity index (χ1v) is 7.22. The molecule has 23 heavy (non-hydrogen) atoms. The van der Waals surface area contributed by atoms with E-state index in [2.05, 4.69) is 15.2 Å². The zero-order chi connectivity index (χ0) is 16.4. The minimum Gasteiger partial charge on any atom is -0.497 e. The van der Waals surface area contributed by atoms with Gasteiger partial charge in [-0.1, -0.05) is 6.07 Å². The molecule has 1 aromatic carbocycles. The smallest absolute Gasteiger partial charge is 0.182 e. The van der Waals surface area contributed by atoms with Crippen LogP contribution >= 0.6 is 0 Å². The van der Waals surface area contributed by atoms with E-state index in [9.17, 15) is 0 Å². The second kappa shape index (κ2) is 6.08. The van der Waals surface area contributed by atoms with Crippen molar-refractivity contribution in [1.29, 1.82) is 0 Å². The summed E-state index contributed by atoms with van der Waals surface area (Å²) in [6.07, 6.45) is 1.93. The summed E-state index contributed by atoms with van der Waals surface area (Å²) in [5, 5.41) is 8.69. The van der Waals surface area contributed by atoms with Crippen LogP contribution in [-0.4, -0.2) is 23.6 Å². The molecular formula is C17H18N4O2. The SMILES string of the molecule is COc1ccc(N=Nc2c(C)nc3c(C)cccn23)c(OC)c1. The molecule has 0 saturated carbocycles. The zero-order valence-electron chi connectivity index (χ0n) is 13.6. The van der Waals surface area contributed by atoms with Crippen LogP contribution in [0.15, 0.2) is 46.8 Å². The average Bonchev–Trinajstić information content (AvgIpc) is 2.90. The molecule has 0 atom stereocenters. The highest BCUT2D eigenvalue weighted by atomic mass is 16.5. The predicted octanol–water partition coefficient (Wildman–Crippen LogP) is 4.38. The molecule has 0 aliphatic heterocycles. The minimum absolute atomic E-state index is 0.607. The molecule has 0 fully saturated rings. The summed E-state index contributed by atoms with van der Waals surface area (Å²) in [6.45, 7) is 3.95. The van der Waals surface area contributed by atoms with Gasteiger partial charge in [-0.05, 0) is 37.6 Å². The van der Waals surface area contributed by atoms with Gasteiger partial charge in [0.25, 0.3) is 0 Å². The molecule has 0 radical (unpaired) electrons. The molecule has 0 N–H and O–H groups in total. The topological polar surface area (TPSA) is 60.5 Å². The average molecular weight is 310 g/mol. The lowest BCUT2D eigenvalue weighted by Gasteiger charge is -2.06. The van der Waals surface area contributed by atoms with E-state index in [1.165, 1.54) is 0 Å². The number of rotatable bonds is 4. The van der Waals surface area contributed by atoms with E-state index in [1.54, 1.807) is 20.3 Å². The van der Waals surface area contributed by atoms with E-state index >= 15 is 0 Å². The second-order valence-corrected chi connectivity index (χ2v) is 5.14. The van der Waals surface area contributed by atoms with E-state index < -0.39 is 0 Å². The van der Waals surface area contributed by atoms with E-state index in [4.69, 9.17) is 9.47 Å². The van der Waals surface area contributed by atoms with Crippen LogP contribution in [0.3, 0.4) is 0 Å². The Morgan fingerprint density at radius 3 is 2.61 bits per heavy atom. The van der Waals surface area contributed by atoms with Gasteiger partial charge in [-0.3, -0.25) is 4.40 Å². The van der Waals surface area contributed by atoms with Crippen molar-refractivity contribution >= 4 is 17.2 Å². The van der Waals surface area contributed by atoms with Gasteiger partial charge in [0.15, 0.2) is 5.82 Å². The van der Waals surface area contributed by atoms with Gasteiger partial charge >= 0.3 is 0 Å². The Morgan fingerprint density at radius 2 is 1.87 bits per heavy atom. The third kappa shape index (κ3) is 2.75. The number of pyridine rings is 1. The number of hydrogen-bond acceptors (Lipinski definition) is 5. The lowest BCUT2D eigenvalue weighted by molar-refractivity contribution is 0.395. The van der Waals surface area contributed by atoms with Crippen LogP contribution in [-0.2, 0) is 0 Å². The van der Waals surface area contributed by atoms with Gasteiger partial charge in [-0.15, -0.1) is 10.2 Å². The number of ether oxygens (including phenoxy) is 2. The van der Waals surface area contributed by atoms with Gasteiger partial charge in [0.1, 0.15) is 22.8 Å². The lowest BCUT2D eigenvalue weighted by Crippen LogP contribution is -1.87. The third-order valence-corrected chi connectivity index (χ3v) is 3.63. The first-order chi connectivity index (χ1) is 11.1. The van der Waals surface area contributed by atoms with Gasteiger partial charge < -0.3 is 9.47 Å². The molecule has 6 nitrogen and oxygen atoms in total. The highest BCUT2D eigenvalue weighted by Gasteiger charge is 2.10. The number of benzene rings is 1. The summed E-state index contributed by atoms with van der Waals surface area (Å²) < 4.78 is 12.5. The number of fused-ring (bicyclic) bond motifs is 1. The molecule has 0 amide bonds. The Hall–Kier alpha value is -2.89. The Morgan fingerprint density at radius 1 is 1.04 bits per heavy atom. The summed E-state index contributed by atoms with van der Waals surface area (Å²) in [5.74, 6) is 2.03. The molecule has 2 heterocycles. The van der Waals surface area contributed by atoms with Crippen molar-refractivity contribution in [1.82, 2.24) is 9.38 Å². The maximum Gasteiger partial charge on any atom is 0.182 e. The Labute approximate surface area is 134 Å². The number of azo groups is 1. The quantitative estimate of drug-likeness (QED) is 0.672.